The van der Waals surface area contributed by atoms with E-state index >= 15 is 0 Å². The van der Waals surface area contributed by atoms with Gasteiger partial charge in [0.2, 0.25) is 0 Å². The Kier molecular flexibility index (Phi) is 5.23. The summed E-state index contributed by atoms with van der Waals surface area (Å²) in [4.78, 5) is 49.7. The fourth-order valence-electron chi connectivity index (χ4n) is 2.66. The molecule has 0 amide bonds. The van der Waals surface area contributed by atoms with Crippen LogP contribution in [-0.2, 0) is 23.8 Å². The van der Waals surface area contributed by atoms with Gasteiger partial charge >= 0.3 is 17.6 Å². The van der Waals surface area contributed by atoms with Crippen molar-refractivity contribution in [2.75, 3.05) is 13.2 Å². The molecule has 132 valence electrons. The van der Waals surface area contributed by atoms with Crippen LogP contribution in [0.1, 0.15) is 33.4 Å². The SMILES string of the molecule is CCOC(=O)[C@@H]1O[C@H](n2ccc(=O)[nH]c2=O)C[C@]1(C)C(=O)OCC. The van der Waals surface area contributed by atoms with Crippen LogP contribution in [0.5, 0.6) is 0 Å². The number of hydrogen-bond donors (Lipinski definition) is 1. The van der Waals surface area contributed by atoms with Gasteiger partial charge < -0.3 is 14.2 Å². The van der Waals surface area contributed by atoms with Gasteiger partial charge in [-0.15, -0.1) is 0 Å². The predicted molar refractivity (Wildman–Crippen MR) is 81.2 cm³/mol. The summed E-state index contributed by atoms with van der Waals surface area (Å²) < 4.78 is 16.8. The fourth-order valence-corrected chi connectivity index (χ4v) is 2.66. The normalized spacial score (nSPS) is 26.1. The van der Waals surface area contributed by atoms with Gasteiger partial charge in [-0.1, -0.05) is 0 Å². The predicted octanol–water partition coefficient (Wildman–Crippen LogP) is -0.0434. The molecule has 1 aliphatic heterocycles. The van der Waals surface area contributed by atoms with E-state index in [9.17, 15) is 19.2 Å². The van der Waals surface area contributed by atoms with Crippen molar-refractivity contribution in [3.05, 3.63) is 33.1 Å². The number of aromatic amines is 1. The number of carbonyl (C=O) groups is 2. The molecule has 24 heavy (non-hydrogen) atoms. The maximum atomic E-state index is 12.3. The minimum atomic E-state index is -1.30. The van der Waals surface area contributed by atoms with Crippen LogP contribution in [0.15, 0.2) is 21.9 Å². The van der Waals surface area contributed by atoms with Gasteiger partial charge in [0.25, 0.3) is 5.56 Å². The summed E-state index contributed by atoms with van der Waals surface area (Å²) in [7, 11) is 0. The molecule has 0 aromatic carbocycles. The first-order chi connectivity index (χ1) is 11.3. The largest absolute Gasteiger partial charge is 0.465 e. The maximum absolute atomic E-state index is 12.3. The molecule has 9 heteroatoms. The van der Waals surface area contributed by atoms with E-state index in [1.807, 2.05) is 0 Å². The van der Waals surface area contributed by atoms with Crippen LogP contribution in [0.25, 0.3) is 0 Å². The number of nitrogens with zero attached hydrogens (tertiary/aromatic N) is 1. The van der Waals surface area contributed by atoms with Crippen LogP contribution < -0.4 is 11.2 Å². The molecule has 9 nitrogen and oxygen atoms in total. The van der Waals surface area contributed by atoms with Crippen LogP contribution in [0.3, 0.4) is 0 Å². The smallest absolute Gasteiger partial charge is 0.336 e. The molecule has 1 aromatic rings. The first kappa shape index (κ1) is 17.9. The van der Waals surface area contributed by atoms with Crippen molar-refractivity contribution >= 4 is 11.9 Å². The van der Waals surface area contributed by atoms with Crippen LogP contribution in [0.2, 0.25) is 0 Å². The number of nitrogens with one attached hydrogen (secondary N) is 1. The zero-order chi connectivity index (χ0) is 17.9. The van der Waals surface area contributed by atoms with Gasteiger partial charge in [-0.05, 0) is 20.8 Å². The number of rotatable bonds is 5. The van der Waals surface area contributed by atoms with Crippen molar-refractivity contribution in [3.63, 3.8) is 0 Å². The Morgan fingerprint density at radius 2 is 2.00 bits per heavy atom. The van der Waals surface area contributed by atoms with Gasteiger partial charge in [0.05, 0.1) is 13.2 Å². The van der Waals surface area contributed by atoms with Crippen LogP contribution in [-0.4, -0.2) is 40.8 Å². The summed E-state index contributed by atoms with van der Waals surface area (Å²) in [6, 6.07) is 1.16. The lowest BCUT2D eigenvalue weighted by molar-refractivity contribution is -0.172. The third kappa shape index (κ3) is 3.25. The Balaban J connectivity index is 2.38. The van der Waals surface area contributed by atoms with Crippen molar-refractivity contribution in [1.29, 1.82) is 0 Å². The Morgan fingerprint density at radius 1 is 1.33 bits per heavy atom. The van der Waals surface area contributed by atoms with E-state index in [1.165, 1.54) is 13.1 Å². The summed E-state index contributed by atoms with van der Waals surface area (Å²) >= 11 is 0. The molecular formula is C15H20N2O7. The molecule has 0 unspecified atom stereocenters. The Bertz CT molecular complexity index is 738. The lowest BCUT2D eigenvalue weighted by atomic mass is 9.82. The third-order valence-electron chi connectivity index (χ3n) is 3.87. The van der Waals surface area contributed by atoms with E-state index in [1.54, 1.807) is 13.8 Å². The molecule has 0 bridgehead atoms. The highest BCUT2D eigenvalue weighted by atomic mass is 16.6. The quantitative estimate of drug-likeness (QED) is 0.747. The summed E-state index contributed by atoms with van der Waals surface area (Å²) in [6.45, 7) is 5.09. The number of esters is 2. The molecule has 0 spiro atoms. The number of hydrogen-bond acceptors (Lipinski definition) is 7. The highest BCUT2D eigenvalue weighted by molar-refractivity contribution is 5.87. The molecule has 0 radical (unpaired) electrons. The molecule has 1 saturated heterocycles. The molecule has 1 N–H and O–H groups in total. The highest BCUT2D eigenvalue weighted by Gasteiger charge is 2.56. The first-order valence-corrected chi connectivity index (χ1v) is 7.64. The Labute approximate surface area is 137 Å². The molecule has 0 saturated carbocycles. The average Bonchev–Trinajstić information content (AvgIpc) is 2.87. The molecule has 0 aliphatic carbocycles. The molecule has 3 atom stereocenters. The van der Waals surface area contributed by atoms with E-state index in [0.29, 0.717) is 0 Å². The van der Waals surface area contributed by atoms with E-state index < -0.39 is 40.9 Å². The molecule has 2 rings (SSSR count). The minimum absolute atomic E-state index is 0.0290. The number of H-pyrrole nitrogens is 1. The maximum Gasteiger partial charge on any atom is 0.336 e. The molecule has 1 fully saturated rings. The molecule has 1 aromatic heterocycles. The first-order valence-electron chi connectivity index (χ1n) is 7.64. The lowest BCUT2D eigenvalue weighted by Crippen LogP contribution is -2.43. The van der Waals surface area contributed by atoms with E-state index in [4.69, 9.17) is 14.2 Å². The second-order valence-corrected chi connectivity index (χ2v) is 5.58. The summed E-state index contributed by atoms with van der Waals surface area (Å²) in [5, 5.41) is 0. The monoisotopic (exact) mass is 340 g/mol. The van der Waals surface area contributed by atoms with Gasteiger partial charge in [0, 0.05) is 18.7 Å². The highest BCUT2D eigenvalue weighted by Crippen LogP contribution is 2.44. The zero-order valence-corrected chi connectivity index (χ0v) is 13.7. The van der Waals surface area contributed by atoms with Gasteiger partial charge in [-0.2, -0.15) is 0 Å². The van der Waals surface area contributed by atoms with E-state index in [-0.39, 0.29) is 19.6 Å². The second kappa shape index (κ2) is 7.00. The number of ether oxygens (including phenoxy) is 3. The molecule has 1 aliphatic rings. The van der Waals surface area contributed by atoms with Crippen molar-refractivity contribution in [2.24, 2.45) is 5.41 Å². The standard InChI is InChI=1S/C15H20N2O7/c1-4-22-12(19)11-15(3,13(20)23-5-2)8-10(24-11)17-7-6-9(18)16-14(17)21/h6-7,10-11H,4-5,8H2,1-3H3,(H,16,18,21)/t10-,11-,15-/m0/s1. The van der Waals surface area contributed by atoms with E-state index in [2.05, 4.69) is 4.98 Å². The Morgan fingerprint density at radius 3 is 2.58 bits per heavy atom. The Hall–Kier alpha value is -2.42. The van der Waals surface area contributed by atoms with Crippen LogP contribution in [0.4, 0.5) is 0 Å². The van der Waals surface area contributed by atoms with Gasteiger partial charge in [0.1, 0.15) is 11.6 Å². The summed E-state index contributed by atoms with van der Waals surface area (Å²) in [5.41, 5.74) is -2.55. The minimum Gasteiger partial charge on any atom is -0.465 e. The van der Waals surface area contributed by atoms with Crippen molar-refractivity contribution in [1.82, 2.24) is 9.55 Å². The molecule has 2 heterocycles. The second-order valence-electron chi connectivity index (χ2n) is 5.58. The van der Waals surface area contributed by atoms with Gasteiger partial charge in [0.15, 0.2) is 6.10 Å². The number of aromatic nitrogens is 2. The van der Waals surface area contributed by atoms with E-state index in [0.717, 1.165) is 10.6 Å². The lowest BCUT2D eigenvalue weighted by Gasteiger charge is -2.25. The fraction of sp³-hybridized carbons (Fsp3) is 0.600. The summed E-state index contributed by atoms with van der Waals surface area (Å²) in [6.07, 6.45) is -0.829. The van der Waals surface area contributed by atoms with Crippen molar-refractivity contribution in [3.8, 4) is 0 Å². The molecular weight excluding hydrogens is 320 g/mol. The zero-order valence-electron chi connectivity index (χ0n) is 13.7. The third-order valence-corrected chi connectivity index (χ3v) is 3.87. The van der Waals surface area contributed by atoms with Gasteiger partial charge in [-0.3, -0.25) is 19.1 Å². The van der Waals surface area contributed by atoms with Crippen LogP contribution >= 0.6 is 0 Å². The number of carbonyl (C=O) groups excluding carboxylic acids is 2. The van der Waals surface area contributed by atoms with Gasteiger partial charge in [-0.25, -0.2) is 9.59 Å². The topological polar surface area (TPSA) is 117 Å². The summed E-state index contributed by atoms with van der Waals surface area (Å²) in [5.74, 6) is -1.31. The van der Waals surface area contributed by atoms with Crippen LogP contribution in [0, 0.1) is 5.41 Å². The average molecular weight is 340 g/mol. The van der Waals surface area contributed by atoms with Crippen molar-refractivity contribution in [2.45, 2.75) is 39.5 Å². The van der Waals surface area contributed by atoms with Crippen molar-refractivity contribution < 1.29 is 23.8 Å².